The molecule has 0 spiro atoms. The molecular formula is C20H27N3O2. The first-order valence-corrected chi connectivity index (χ1v) is 8.99. The summed E-state index contributed by atoms with van der Waals surface area (Å²) in [5.74, 6) is 0.471. The topological polar surface area (TPSA) is 53.6 Å². The van der Waals surface area contributed by atoms with Gasteiger partial charge in [0, 0.05) is 31.4 Å². The fraction of sp³-hybridized carbons (Fsp3) is 0.450. The number of rotatable bonds is 5. The lowest BCUT2D eigenvalue weighted by Gasteiger charge is -2.36. The van der Waals surface area contributed by atoms with Crippen molar-refractivity contribution in [2.75, 3.05) is 38.2 Å². The van der Waals surface area contributed by atoms with E-state index in [1.807, 2.05) is 36.4 Å². The third-order valence-electron chi connectivity index (χ3n) is 4.76. The molecule has 2 N–H and O–H groups in total. The van der Waals surface area contributed by atoms with Crippen molar-refractivity contribution < 1.29 is 9.53 Å². The van der Waals surface area contributed by atoms with Gasteiger partial charge in [-0.15, -0.1) is 0 Å². The van der Waals surface area contributed by atoms with Crippen molar-refractivity contribution in [3.8, 4) is 0 Å². The first-order valence-electron chi connectivity index (χ1n) is 8.99. The molecule has 134 valence electrons. The second-order valence-electron chi connectivity index (χ2n) is 6.86. The maximum atomic E-state index is 12.3. The van der Waals surface area contributed by atoms with Gasteiger partial charge in [-0.3, -0.25) is 4.90 Å². The highest BCUT2D eigenvalue weighted by atomic mass is 16.5. The number of urea groups is 1. The summed E-state index contributed by atoms with van der Waals surface area (Å²) in [7, 11) is 0. The molecule has 1 saturated heterocycles. The Morgan fingerprint density at radius 1 is 1.12 bits per heavy atom. The van der Waals surface area contributed by atoms with E-state index >= 15 is 0 Å². The van der Waals surface area contributed by atoms with E-state index in [1.165, 1.54) is 5.39 Å². The molecule has 0 radical (unpaired) electrons. The van der Waals surface area contributed by atoms with Gasteiger partial charge >= 0.3 is 6.03 Å². The third-order valence-corrected chi connectivity index (χ3v) is 4.76. The van der Waals surface area contributed by atoms with Gasteiger partial charge in [-0.25, -0.2) is 4.79 Å². The maximum Gasteiger partial charge on any atom is 0.319 e. The van der Waals surface area contributed by atoms with Gasteiger partial charge < -0.3 is 15.4 Å². The van der Waals surface area contributed by atoms with Gasteiger partial charge in [-0.2, -0.15) is 0 Å². The lowest BCUT2D eigenvalue weighted by Crippen LogP contribution is -2.51. The van der Waals surface area contributed by atoms with Crippen LogP contribution in [0, 0.1) is 5.92 Å². The van der Waals surface area contributed by atoms with Gasteiger partial charge in [0.25, 0.3) is 0 Å². The summed E-state index contributed by atoms with van der Waals surface area (Å²) in [6.45, 7) is 8.43. The van der Waals surface area contributed by atoms with Gasteiger partial charge in [0.05, 0.1) is 13.2 Å². The molecule has 1 heterocycles. The number of nitrogens with zero attached hydrogens (tertiary/aromatic N) is 1. The monoisotopic (exact) mass is 341 g/mol. The molecule has 5 nitrogen and oxygen atoms in total. The molecule has 2 aromatic carbocycles. The summed E-state index contributed by atoms with van der Waals surface area (Å²) in [5, 5.41) is 8.25. The van der Waals surface area contributed by atoms with Crippen molar-refractivity contribution in [2.45, 2.75) is 19.9 Å². The fourth-order valence-corrected chi connectivity index (χ4v) is 3.34. The van der Waals surface area contributed by atoms with E-state index < -0.39 is 0 Å². The van der Waals surface area contributed by atoms with E-state index in [0.717, 1.165) is 37.4 Å². The van der Waals surface area contributed by atoms with E-state index in [-0.39, 0.29) is 6.03 Å². The number of carbonyl (C=O) groups is 1. The highest BCUT2D eigenvalue weighted by molar-refractivity contribution is 5.93. The summed E-state index contributed by atoms with van der Waals surface area (Å²) < 4.78 is 5.43. The summed E-state index contributed by atoms with van der Waals surface area (Å²) >= 11 is 0. The van der Waals surface area contributed by atoms with Crippen LogP contribution >= 0.6 is 0 Å². The predicted octanol–water partition coefficient (Wildman–Crippen LogP) is 3.32. The number of benzene rings is 2. The molecule has 3 rings (SSSR count). The highest BCUT2D eigenvalue weighted by Crippen LogP contribution is 2.19. The van der Waals surface area contributed by atoms with Crippen LogP contribution in [0.4, 0.5) is 10.5 Å². The zero-order valence-electron chi connectivity index (χ0n) is 15.0. The molecule has 2 aromatic rings. The SMILES string of the molecule is CC(C)C(CNC(=O)Nc1ccc2ccccc2c1)N1CCOCC1. The van der Waals surface area contributed by atoms with E-state index in [0.29, 0.717) is 18.5 Å². The molecule has 1 aliphatic heterocycles. The first kappa shape index (κ1) is 17.7. The minimum atomic E-state index is -0.158. The number of fused-ring (bicyclic) bond motifs is 1. The van der Waals surface area contributed by atoms with Crippen LogP contribution in [0.25, 0.3) is 10.8 Å². The largest absolute Gasteiger partial charge is 0.379 e. The standard InChI is InChI=1S/C20H27N3O2/c1-15(2)19(23-9-11-25-12-10-23)14-21-20(24)22-18-8-7-16-5-3-4-6-17(16)13-18/h3-8,13,15,19H,9-12,14H2,1-2H3,(H2,21,22,24). The normalized spacial score (nSPS) is 16.8. The molecule has 1 atom stereocenters. The number of ether oxygens (including phenoxy) is 1. The van der Waals surface area contributed by atoms with Crippen LogP contribution < -0.4 is 10.6 Å². The number of hydrogen-bond donors (Lipinski definition) is 2. The van der Waals surface area contributed by atoms with Crippen molar-refractivity contribution in [1.82, 2.24) is 10.2 Å². The van der Waals surface area contributed by atoms with Crippen molar-refractivity contribution in [3.05, 3.63) is 42.5 Å². The maximum absolute atomic E-state index is 12.3. The van der Waals surface area contributed by atoms with E-state index in [9.17, 15) is 4.79 Å². The van der Waals surface area contributed by atoms with Crippen LogP contribution in [-0.2, 0) is 4.74 Å². The molecule has 0 aromatic heterocycles. The number of anilines is 1. The van der Waals surface area contributed by atoms with E-state index in [1.54, 1.807) is 0 Å². The molecule has 5 heteroatoms. The molecule has 0 bridgehead atoms. The Balaban J connectivity index is 1.56. The lowest BCUT2D eigenvalue weighted by atomic mass is 10.0. The molecular weight excluding hydrogens is 314 g/mol. The van der Waals surface area contributed by atoms with E-state index in [2.05, 4.69) is 35.4 Å². The van der Waals surface area contributed by atoms with E-state index in [4.69, 9.17) is 4.74 Å². The van der Waals surface area contributed by atoms with Gasteiger partial charge in [-0.1, -0.05) is 44.2 Å². The van der Waals surface area contributed by atoms with Gasteiger partial charge in [0.15, 0.2) is 0 Å². The molecule has 0 saturated carbocycles. The van der Waals surface area contributed by atoms with Crippen LogP contribution in [0.3, 0.4) is 0 Å². The Morgan fingerprint density at radius 3 is 2.56 bits per heavy atom. The van der Waals surface area contributed by atoms with Gasteiger partial charge in [0.2, 0.25) is 0 Å². The molecule has 0 aliphatic carbocycles. The average Bonchev–Trinajstić information content (AvgIpc) is 2.62. The smallest absolute Gasteiger partial charge is 0.319 e. The van der Waals surface area contributed by atoms with Crippen LogP contribution in [0.2, 0.25) is 0 Å². The fourth-order valence-electron chi connectivity index (χ4n) is 3.34. The first-order chi connectivity index (χ1) is 12.1. The third kappa shape index (κ3) is 4.71. The van der Waals surface area contributed by atoms with Gasteiger partial charge in [-0.05, 0) is 28.8 Å². The second kappa shape index (κ2) is 8.32. The Morgan fingerprint density at radius 2 is 1.84 bits per heavy atom. The Labute approximate surface area is 149 Å². The highest BCUT2D eigenvalue weighted by Gasteiger charge is 2.24. The molecule has 1 fully saturated rings. The Bertz CT molecular complexity index is 711. The van der Waals surface area contributed by atoms with Crippen molar-refractivity contribution in [2.24, 2.45) is 5.92 Å². The summed E-state index contributed by atoms with van der Waals surface area (Å²) in [6.07, 6.45) is 0. The van der Waals surface area contributed by atoms with Crippen LogP contribution in [0.15, 0.2) is 42.5 Å². The summed E-state index contributed by atoms with van der Waals surface area (Å²) in [5.41, 5.74) is 0.809. The molecule has 25 heavy (non-hydrogen) atoms. The minimum Gasteiger partial charge on any atom is -0.379 e. The quantitative estimate of drug-likeness (QED) is 0.877. The number of hydrogen-bond acceptors (Lipinski definition) is 3. The Hall–Kier alpha value is -2.11. The molecule has 1 unspecified atom stereocenters. The number of morpholine rings is 1. The molecule has 2 amide bonds. The van der Waals surface area contributed by atoms with Crippen molar-refractivity contribution >= 4 is 22.5 Å². The lowest BCUT2D eigenvalue weighted by molar-refractivity contribution is 0.00728. The second-order valence-corrected chi connectivity index (χ2v) is 6.86. The van der Waals surface area contributed by atoms with Crippen molar-refractivity contribution in [3.63, 3.8) is 0 Å². The van der Waals surface area contributed by atoms with Crippen molar-refractivity contribution in [1.29, 1.82) is 0 Å². The predicted molar refractivity (Wildman–Crippen MR) is 102 cm³/mol. The summed E-state index contributed by atoms with van der Waals surface area (Å²) in [6, 6.07) is 14.2. The number of carbonyl (C=O) groups excluding carboxylic acids is 1. The number of amides is 2. The van der Waals surface area contributed by atoms with Crippen LogP contribution in [-0.4, -0.2) is 49.8 Å². The average molecular weight is 341 g/mol. The zero-order valence-corrected chi connectivity index (χ0v) is 15.0. The summed E-state index contributed by atoms with van der Waals surface area (Å²) in [4.78, 5) is 14.7. The number of nitrogens with one attached hydrogen (secondary N) is 2. The minimum absolute atomic E-state index is 0.158. The molecule has 1 aliphatic rings. The Kier molecular flexibility index (Phi) is 5.89. The van der Waals surface area contributed by atoms with Crippen LogP contribution in [0.1, 0.15) is 13.8 Å². The zero-order chi connectivity index (χ0) is 17.6. The van der Waals surface area contributed by atoms with Gasteiger partial charge in [0.1, 0.15) is 0 Å². The van der Waals surface area contributed by atoms with Crippen LogP contribution in [0.5, 0.6) is 0 Å².